The van der Waals surface area contributed by atoms with Crippen LogP contribution in [-0.2, 0) is 0 Å². The molecule has 0 spiro atoms. The zero-order valence-corrected chi connectivity index (χ0v) is 24.3. The molecule has 2 unspecified atom stereocenters. The number of aromatic nitrogens is 3. The van der Waals surface area contributed by atoms with Gasteiger partial charge >= 0.3 is 0 Å². The Morgan fingerprint density at radius 1 is 0.733 bits per heavy atom. The van der Waals surface area contributed by atoms with Crippen molar-refractivity contribution in [2.45, 2.75) is 12.0 Å². The topological polar surface area (TPSA) is 39.9 Å². The van der Waals surface area contributed by atoms with Crippen LogP contribution in [-0.4, -0.2) is 20.6 Å². The van der Waals surface area contributed by atoms with Gasteiger partial charge in [0, 0.05) is 39.3 Å². The molecular formula is C41H27N3O. The summed E-state index contributed by atoms with van der Waals surface area (Å²) in [4.78, 5) is 10.6. The molecule has 212 valence electrons. The van der Waals surface area contributed by atoms with Crippen LogP contribution in [0.4, 0.5) is 0 Å². The van der Waals surface area contributed by atoms with E-state index < -0.39 is 0 Å². The van der Waals surface area contributed by atoms with Crippen LogP contribution in [0, 0.1) is 0 Å². The number of nitrogens with zero attached hydrogens (tertiary/aromatic N) is 3. The first kappa shape index (κ1) is 25.5. The van der Waals surface area contributed by atoms with Gasteiger partial charge in [0.15, 0.2) is 5.82 Å². The summed E-state index contributed by atoms with van der Waals surface area (Å²) in [5.74, 6) is 1.73. The molecule has 4 heteroatoms. The highest BCUT2D eigenvalue weighted by atomic mass is 16.5. The van der Waals surface area contributed by atoms with Gasteiger partial charge in [-0.1, -0.05) is 103 Å². The van der Waals surface area contributed by atoms with Crippen molar-refractivity contribution in [3.8, 4) is 34.1 Å². The molecule has 0 bridgehead atoms. The Bertz CT molecular complexity index is 2330. The van der Waals surface area contributed by atoms with Crippen LogP contribution in [0.5, 0.6) is 5.75 Å². The number of fused-ring (bicyclic) bond motifs is 7. The summed E-state index contributed by atoms with van der Waals surface area (Å²) in [6.45, 7) is 0. The van der Waals surface area contributed by atoms with Crippen molar-refractivity contribution in [1.29, 1.82) is 0 Å². The molecule has 2 aromatic heterocycles. The number of para-hydroxylation sites is 2. The Hall–Kier alpha value is -5.96. The molecule has 0 radical (unpaired) electrons. The molecule has 2 aliphatic carbocycles. The lowest BCUT2D eigenvalue weighted by Gasteiger charge is -2.15. The maximum atomic E-state index is 6.77. The molecule has 1 aliphatic heterocycles. The first-order valence-electron chi connectivity index (χ1n) is 15.3. The van der Waals surface area contributed by atoms with Crippen LogP contribution < -0.4 is 4.74 Å². The molecule has 0 saturated carbocycles. The third-order valence-corrected chi connectivity index (χ3v) is 8.78. The van der Waals surface area contributed by atoms with E-state index in [4.69, 9.17) is 14.7 Å². The Morgan fingerprint density at radius 3 is 2.40 bits per heavy atom. The van der Waals surface area contributed by atoms with Gasteiger partial charge in [-0.25, -0.2) is 9.97 Å². The summed E-state index contributed by atoms with van der Waals surface area (Å²) in [7, 11) is 0. The van der Waals surface area contributed by atoms with E-state index in [0.29, 0.717) is 5.82 Å². The smallest absolute Gasteiger partial charge is 0.162 e. The van der Waals surface area contributed by atoms with E-state index in [2.05, 4.69) is 120 Å². The van der Waals surface area contributed by atoms with E-state index in [0.717, 1.165) is 66.9 Å². The minimum atomic E-state index is -0.0470. The Labute approximate surface area is 261 Å². The molecule has 0 fully saturated rings. The maximum absolute atomic E-state index is 6.77. The molecule has 4 nitrogen and oxygen atoms in total. The van der Waals surface area contributed by atoms with Gasteiger partial charge in [0.2, 0.25) is 0 Å². The number of hydrogen-bond donors (Lipinski definition) is 0. The highest BCUT2D eigenvalue weighted by molar-refractivity contribution is 6.17. The lowest BCUT2D eigenvalue weighted by Crippen LogP contribution is -2.15. The molecule has 0 saturated heterocycles. The molecule has 2 atom stereocenters. The summed E-state index contributed by atoms with van der Waals surface area (Å²) in [6, 6.07) is 33.8. The predicted octanol–water partition coefficient (Wildman–Crippen LogP) is 9.54. The van der Waals surface area contributed by atoms with E-state index in [1.54, 1.807) is 0 Å². The summed E-state index contributed by atoms with van der Waals surface area (Å²) >= 11 is 0. The second-order valence-electron chi connectivity index (χ2n) is 11.4. The Balaban J connectivity index is 1.42. The maximum Gasteiger partial charge on any atom is 0.162 e. The van der Waals surface area contributed by atoms with E-state index >= 15 is 0 Å². The normalized spacial score (nSPS) is 17.7. The molecule has 4 aromatic carbocycles. The van der Waals surface area contributed by atoms with Crippen LogP contribution >= 0.6 is 0 Å². The summed E-state index contributed by atoms with van der Waals surface area (Å²) in [5, 5.41) is 2.23. The fourth-order valence-corrected chi connectivity index (χ4v) is 6.75. The third-order valence-electron chi connectivity index (χ3n) is 8.78. The summed E-state index contributed by atoms with van der Waals surface area (Å²) < 4.78 is 9.11. The fourth-order valence-electron chi connectivity index (χ4n) is 6.75. The standard InChI is InChI=1S/C41H27N3O/c1-2-6-16-27(15-5-1)34-26-35(28-17-7-3-8-18-28)43-41(42-34)33-25-32-30-21-12-14-24-37(30)45-40(32)38-31-22-11-13-23-36(31)44(39(33)38)29-19-9-4-10-20-29/h1-5,7-26,30,37H. The lowest BCUT2D eigenvalue weighted by molar-refractivity contribution is 0.271. The number of rotatable bonds is 4. The van der Waals surface area contributed by atoms with Crippen molar-refractivity contribution in [3.63, 3.8) is 0 Å². The van der Waals surface area contributed by atoms with E-state index in [1.165, 1.54) is 0 Å². The molecule has 9 rings (SSSR count). The molecule has 0 N–H and O–H groups in total. The van der Waals surface area contributed by atoms with Gasteiger partial charge < -0.3 is 9.30 Å². The van der Waals surface area contributed by atoms with E-state index in [-0.39, 0.29) is 12.0 Å². The number of allylic oxidation sites excluding steroid dienone is 7. The fraction of sp³-hybridized carbons (Fsp3) is 0.0488. The van der Waals surface area contributed by atoms with Crippen LogP contribution in [0.2, 0.25) is 0 Å². The summed E-state index contributed by atoms with van der Waals surface area (Å²) in [5.41, 5.74) is 12.3. The van der Waals surface area contributed by atoms with Crippen LogP contribution in [0.3, 0.4) is 0 Å². The van der Waals surface area contributed by atoms with Gasteiger partial charge in [-0.2, -0.15) is 0 Å². The Kier molecular flexibility index (Phi) is 5.87. The minimum Gasteiger partial charge on any atom is -0.484 e. The van der Waals surface area contributed by atoms with Crippen LogP contribution in [0.1, 0.15) is 17.2 Å². The lowest BCUT2D eigenvalue weighted by atomic mass is 9.89. The number of hydrogen-bond acceptors (Lipinski definition) is 3. The van der Waals surface area contributed by atoms with Gasteiger partial charge in [0.25, 0.3) is 0 Å². The van der Waals surface area contributed by atoms with Gasteiger partial charge in [-0.3, -0.25) is 0 Å². The highest BCUT2D eigenvalue weighted by Crippen LogP contribution is 2.51. The summed E-state index contributed by atoms with van der Waals surface area (Å²) in [6.07, 6.45) is 18.5. The van der Waals surface area contributed by atoms with Crippen molar-refractivity contribution in [2.24, 2.45) is 0 Å². The van der Waals surface area contributed by atoms with Crippen molar-refractivity contribution < 1.29 is 4.74 Å². The second-order valence-corrected chi connectivity index (χ2v) is 11.4. The zero-order chi connectivity index (χ0) is 29.7. The first-order valence-corrected chi connectivity index (χ1v) is 15.3. The van der Waals surface area contributed by atoms with Crippen LogP contribution in [0.15, 0.2) is 157 Å². The average Bonchev–Trinajstić information content (AvgIpc) is 3.51. The molecule has 0 amide bonds. The molecular weight excluding hydrogens is 550 g/mol. The van der Waals surface area contributed by atoms with Crippen molar-refractivity contribution >= 4 is 27.4 Å². The highest BCUT2D eigenvalue weighted by Gasteiger charge is 2.36. The zero-order valence-electron chi connectivity index (χ0n) is 24.3. The van der Waals surface area contributed by atoms with Gasteiger partial charge in [-0.05, 0) is 48.6 Å². The monoisotopic (exact) mass is 577 g/mol. The van der Waals surface area contributed by atoms with Gasteiger partial charge in [-0.15, -0.1) is 5.73 Å². The second kappa shape index (κ2) is 10.3. The number of ether oxygens (including phenoxy) is 1. The predicted molar refractivity (Wildman–Crippen MR) is 182 cm³/mol. The van der Waals surface area contributed by atoms with E-state index in [1.807, 2.05) is 42.5 Å². The Morgan fingerprint density at radius 2 is 1.51 bits per heavy atom. The van der Waals surface area contributed by atoms with Crippen molar-refractivity contribution in [1.82, 2.24) is 14.5 Å². The van der Waals surface area contributed by atoms with Crippen LogP contribution in [0.25, 0.3) is 55.7 Å². The van der Waals surface area contributed by atoms with E-state index in [9.17, 15) is 0 Å². The quantitative estimate of drug-likeness (QED) is 0.196. The third kappa shape index (κ3) is 4.16. The number of benzene rings is 4. The largest absolute Gasteiger partial charge is 0.484 e. The molecule has 3 aliphatic rings. The van der Waals surface area contributed by atoms with Crippen molar-refractivity contribution in [3.05, 3.63) is 169 Å². The first-order chi connectivity index (χ1) is 22.3. The minimum absolute atomic E-state index is 0.0470. The van der Waals surface area contributed by atoms with Gasteiger partial charge in [0.1, 0.15) is 11.9 Å². The molecule has 45 heavy (non-hydrogen) atoms. The van der Waals surface area contributed by atoms with Crippen molar-refractivity contribution in [2.75, 3.05) is 0 Å². The van der Waals surface area contributed by atoms with Gasteiger partial charge in [0.05, 0.1) is 27.8 Å². The average molecular weight is 578 g/mol. The SMILES string of the molecule is C1=CC=CC=C(c2cc(-c3ccccc3)nc(-c3cc4c(c5c6ccccc6n(-c6ccccc6)c35)OC3C=CC=CC43)n2)C=1. The molecule has 6 aromatic rings. The molecule has 3 heterocycles.